The molecule has 0 radical (unpaired) electrons. The van der Waals surface area contributed by atoms with Crippen LogP contribution in [0.3, 0.4) is 0 Å². The molecule has 0 saturated heterocycles. The highest BCUT2D eigenvalue weighted by Crippen LogP contribution is 2.39. The Labute approximate surface area is 155 Å². The molecule has 0 saturated carbocycles. The van der Waals surface area contributed by atoms with E-state index in [4.69, 9.17) is 5.26 Å². The van der Waals surface area contributed by atoms with Crippen LogP contribution in [-0.2, 0) is 0 Å². The predicted molar refractivity (Wildman–Crippen MR) is 99.8 cm³/mol. The smallest absolute Gasteiger partial charge is 0.337 e. The fraction of sp³-hybridized carbons (Fsp3) is 0. The highest BCUT2D eigenvalue weighted by Gasteiger charge is 2.27. The maximum atomic E-state index is 11.9. The van der Waals surface area contributed by atoms with E-state index in [1.807, 2.05) is 18.2 Å². The van der Waals surface area contributed by atoms with Gasteiger partial charge in [-0.2, -0.15) is 5.26 Å². The molecule has 3 aromatic rings. The van der Waals surface area contributed by atoms with E-state index in [0.29, 0.717) is 11.4 Å². The van der Waals surface area contributed by atoms with Crippen molar-refractivity contribution in [2.24, 2.45) is 0 Å². The second-order valence-corrected chi connectivity index (χ2v) is 5.65. The SMILES string of the molecule is N#Cc1cc(C(=O)O)c(N(c2ccccc2)c2ccccc2)c(C(=O)O)c1. The summed E-state index contributed by atoms with van der Waals surface area (Å²) in [5.74, 6) is -2.64. The molecule has 0 aliphatic rings. The van der Waals surface area contributed by atoms with E-state index in [0.717, 1.165) is 0 Å². The van der Waals surface area contributed by atoms with E-state index in [2.05, 4.69) is 0 Å². The zero-order chi connectivity index (χ0) is 19.4. The minimum absolute atomic E-state index is 0.00796. The zero-order valence-corrected chi connectivity index (χ0v) is 14.0. The fourth-order valence-electron chi connectivity index (χ4n) is 2.83. The first-order chi connectivity index (χ1) is 13.0. The Kier molecular flexibility index (Phi) is 4.86. The molecule has 0 atom stereocenters. The predicted octanol–water partition coefficient (Wildman–Crippen LogP) is 4.42. The van der Waals surface area contributed by atoms with Crippen LogP contribution in [0.1, 0.15) is 26.3 Å². The normalized spacial score (nSPS) is 10.0. The molecule has 27 heavy (non-hydrogen) atoms. The lowest BCUT2D eigenvalue weighted by molar-refractivity contribution is 0.0696. The average Bonchev–Trinajstić information content (AvgIpc) is 2.69. The lowest BCUT2D eigenvalue weighted by Crippen LogP contribution is -2.18. The van der Waals surface area contributed by atoms with Gasteiger partial charge in [-0.05, 0) is 36.4 Å². The van der Waals surface area contributed by atoms with Crippen LogP contribution >= 0.6 is 0 Å². The summed E-state index contributed by atoms with van der Waals surface area (Å²) in [6.07, 6.45) is 0. The Hall–Kier alpha value is -4.11. The van der Waals surface area contributed by atoms with Crippen molar-refractivity contribution in [3.8, 4) is 6.07 Å². The Morgan fingerprint density at radius 2 is 1.19 bits per heavy atom. The third-order valence-corrected chi connectivity index (χ3v) is 3.95. The van der Waals surface area contributed by atoms with E-state index in [1.54, 1.807) is 53.4 Å². The van der Waals surface area contributed by atoms with Gasteiger partial charge >= 0.3 is 11.9 Å². The summed E-state index contributed by atoms with van der Waals surface area (Å²) in [5, 5.41) is 28.6. The van der Waals surface area contributed by atoms with Gasteiger partial charge in [0.1, 0.15) is 0 Å². The molecule has 0 heterocycles. The van der Waals surface area contributed by atoms with Crippen LogP contribution in [0.25, 0.3) is 0 Å². The van der Waals surface area contributed by atoms with Gasteiger partial charge in [0, 0.05) is 11.4 Å². The molecular weight excluding hydrogens is 344 g/mol. The molecule has 0 unspecified atom stereocenters. The fourth-order valence-corrected chi connectivity index (χ4v) is 2.83. The van der Waals surface area contributed by atoms with Crippen LogP contribution in [0.5, 0.6) is 0 Å². The number of aromatic carboxylic acids is 2. The topological polar surface area (TPSA) is 102 Å². The third-order valence-electron chi connectivity index (χ3n) is 3.95. The first-order valence-corrected chi connectivity index (χ1v) is 7.98. The molecule has 0 fully saturated rings. The van der Waals surface area contributed by atoms with Crippen molar-refractivity contribution in [1.82, 2.24) is 0 Å². The Balaban J connectivity index is 2.41. The largest absolute Gasteiger partial charge is 0.478 e. The lowest BCUT2D eigenvalue weighted by atomic mass is 10.00. The molecule has 3 aromatic carbocycles. The summed E-state index contributed by atoms with van der Waals surface area (Å²) >= 11 is 0. The molecule has 0 aliphatic heterocycles. The number of rotatable bonds is 5. The van der Waals surface area contributed by atoms with Gasteiger partial charge in [0.25, 0.3) is 0 Å². The Morgan fingerprint density at radius 1 is 0.778 bits per heavy atom. The number of hydrogen-bond donors (Lipinski definition) is 2. The highest BCUT2D eigenvalue weighted by molar-refractivity contribution is 6.06. The highest BCUT2D eigenvalue weighted by atomic mass is 16.4. The molecular formula is C21H14N2O4. The molecule has 0 spiro atoms. The van der Waals surface area contributed by atoms with Gasteiger partial charge in [-0.3, -0.25) is 0 Å². The number of carboxylic acids is 2. The average molecular weight is 358 g/mol. The van der Waals surface area contributed by atoms with Crippen molar-refractivity contribution >= 4 is 29.0 Å². The van der Waals surface area contributed by atoms with Crippen LogP contribution in [0.15, 0.2) is 72.8 Å². The summed E-state index contributed by atoms with van der Waals surface area (Å²) in [5.41, 5.74) is 0.621. The van der Waals surface area contributed by atoms with Gasteiger partial charge in [-0.25, -0.2) is 9.59 Å². The Morgan fingerprint density at radius 3 is 1.52 bits per heavy atom. The first kappa shape index (κ1) is 17.7. The summed E-state index contributed by atoms with van der Waals surface area (Å²) in [6, 6.07) is 21.9. The number of nitrogens with zero attached hydrogens (tertiary/aromatic N) is 2. The zero-order valence-electron chi connectivity index (χ0n) is 14.0. The number of carboxylic acid groups (broad SMARTS) is 2. The van der Waals surface area contributed by atoms with E-state index in [-0.39, 0.29) is 22.4 Å². The summed E-state index contributed by atoms with van der Waals surface area (Å²) in [7, 11) is 0. The van der Waals surface area contributed by atoms with Gasteiger partial charge in [-0.1, -0.05) is 36.4 Å². The van der Waals surface area contributed by atoms with Crippen molar-refractivity contribution in [2.45, 2.75) is 0 Å². The molecule has 6 nitrogen and oxygen atoms in total. The number of nitriles is 1. The van der Waals surface area contributed by atoms with Crippen LogP contribution in [0.2, 0.25) is 0 Å². The molecule has 6 heteroatoms. The number of hydrogen-bond acceptors (Lipinski definition) is 4. The van der Waals surface area contributed by atoms with Crippen molar-refractivity contribution in [3.05, 3.63) is 89.5 Å². The van der Waals surface area contributed by atoms with E-state index in [9.17, 15) is 19.8 Å². The minimum Gasteiger partial charge on any atom is -0.478 e. The van der Waals surface area contributed by atoms with Gasteiger partial charge in [-0.15, -0.1) is 0 Å². The maximum Gasteiger partial charge on any atom is 0.337 e. The molecule has 0 aliphatic carbocycles. The molecule has 0 aromatic heterocycles. The first-order valence-electron chi connectivity index (χ1n) is 7.98. The van der Waals surface area contributed by atoms with Crippen molar-refractivity contribution in [1.29, 1.82) is 5.26 Å². The summed E-state index contributed by atoms with van der Waals surface area (Å²) in [6.45, 7) is 0. The Bertz CT molecular complexity index is 966. The van der Waals surface area contributed by atoms with E-state index < -0.39 is 11.9 Å². The lowest BCUT2D eigenvalue weighted by Gasteiger charge is -2.28. The van der Waals surface area contributed by atoms with Gasteiger partial charge in [0.05, 0.1) is 28.4 Å². The number of benzene rings is 3. The second kappa shape index (κ2) is 7.42. The van der Waals surface area contributed by atoms with Crippen molar-refractivity contribution in [3.63, 3.8) is 0 Å². The van der Waals surface area contributed by atoms with Crippen LogP contribution in [-0.4, -0.2) is 22.2 Å². The van der Waals surface area contributed by atoms with E-state index in [1.165, 1.54) is 12.1 Å². The molecule has 0 bridgehead atoms. The molecule has 2 N–H and O–H groups in total. The van der Waals surface area contributed by atoms with Gasteiger partial charge in [0.2, 0.25) is 0 Å². The molecule has 3 rings (SSSR count). The minimum atomic E-state index is -1.32. The van der Waals surface area contributed by atoms with Gasteiger partial charge < -0.3 is 15.1 Å². The van der Waals surface area contributed by atoms with Crippen molar-refractivity contribution in [2.75, 3.05) is 4.90 Å². The third kappa shape index (κ3) is 3.48. The quantitative estimate of drug-likeness (QED) is 0.700. The maximum absolute atomic E-state index is 11.9. The number of anilines is 3. The summed E-state index contributed by atoms with van der Waals surface area (Å²) in [4.78, 5) is 25.4. The van der Waals surface area contributed by atoms with Crippen LogP contribution in [0.4, 0.5) is 17.1 Å². The van der Waals surface area contributed by atoms with Crippen LogP contribution in [0, 0.1) is 11.3 Å². The standard InChI is InChI=1S/C21H14N2O4/c22-13-14-11-17(20(24)25)19(18(12-14)21(26)27)23(15-7-3-1-4-8-15)16-9-5-2-6-10-16/h1-12H,(H,24,25)(H,26,27). The number of para-hydroxylation sites is 2. The number of carbonyl (C=O) groups is 2. The molecule has 0 amide bonds. The monoisotopic (exact) mass is 358 g/mol. The van der Waals surface area contributed by atoms with Crippen molar-refractivity contribution < 1.29 is 19.8 Å². The summed E-state index contributed by atoms with van der Waals surface area (Å²) < 4.78 is 0. The second-order valence-electron chi connectivity index (χ2n) is 5.65. The van der Waals surface area contributed by atoms with Crippen LogP contribution < -0.4 is 4.90 Å². The molecule has 132 valence electrons. The van der Waals surface area contributed by atoms with E-state index >= 15 is 0 Å². The van der Waals surface area contributed by atoms with Gasteiger partial charge in [0.15, 0.2) is 0 Å².